The lowest BCUT2D eigenvalue weighted by Gasteiger charge is -2.39. The molecule has 1 aliphatic rings. The van der Waals surface area contributed by atoms with Crippen LogP contribution in [0.3, 0.4) is 0 Å². The van der Waals surface area contributed by atoms with Gasteiger partial charge in [0.1, 0.15) is 6.29 Å². The Bertz CT molecular complexity index is 1060. The van der Waals surface area contributed by atoms with E-state index in [0.717, 1.165) is 47.9 Å². The highest BCUT2D eigenvalue weighted by Gasteiger charge is 2.40. The fourth-order valence-electron chi connectivity index (χ4n) is 4.46. The van der Waals surface area contributed by atoms with E-state index in [0.29, 0.717) is 5.56 Å². The van der Waals surface area contributed by atoms with Crippen LogP contribution < -0.4 is 5.73 Å². The molecule has 0 saturated carbocycles. The van der Waals surface area contributed by atoms with E-state index in [-0.39, 0.29) is 0 Å². The average Bonchev–Trinajstić information content (AvgIpc) is 2.83. The van der Waals surface area contributed by atoms with Crippen molar-refractivity contribution in [1.82, 2.24) is 0 Å². The number of rotatable bonds is 3. The highest BCUT2D eigenvalue weighted by molar-refractivity contribution is 5.75. The van der Waals surface area contributed by atoms with Crippen molar-refractivity contribution in [2.24, 2.45) is 0 Å². The summed E-state index contributed by atoms with van der Waals surface area (Å²) in [7, 11) is 0. The molecule has 1 atom stereocenters. The van der Waals surface area contributed by atoms with Gasteiger partial charge in [0.15, 0.2) is 0 Å². The van der Waals surface area contributed by atoms with E-state index in [1.165, 1.54) is 11.1 Å². The maximum atomic E-state index is 11.3. The van der Waals surface area contributed by atoms with Crippen LogP contribution in [0.1, 0.15) is 45.5 Å². The Morgan fingerprint density at radius 1 is 0.862 bits per heavy atom. The molecule has 2 N–H and O–H groups in total. The minimum Gasteiger partial charge on any atom is -0.399 e. The van der Waals surface area contributed by atoms with Gasteiger partial charge in [-0.3, -0.25) is 4.79 Å². The number of nitrogen functional groups attached to an aromatic ring is 1. The number of allylic oxidation sites excluding steroid dienone is 3. The molecule has 0 radical (unpaired) electrons. The van der Waals surface area contributed by atoms with Crippen LogP contribution in [0.15, 0.2) is 97.1 Å². The molecule has 2 nitrogen and oxygen atoms in total. The standard InChI is InChI=1S/C27H25NO/c1-20-7-3-2-4-8-22-9-5-6-10-26(22)27(20,24-15-17-25(28)18-16-24)23-13-11-21(19-29)12-14-23/h2,4-6,9-19H,1,3,7-8,28H2/b4-2-. The first-order valence-electron chi connectivity index (χ1n) is 9.99. The molecule has 0 heterocycles. The first kappa shape index (κ1) is 18.9. The highest BCUT2D eigenvalue weighted by Crippen LogP contribution is 2.48. The lowest BCUT2D eigenvalue weighted by Crippen LogP contribution is -2.32. The maximum absolute atomic E-state index is 11.3. The summed E-state index contributed by atoms with van der Waals surface area (Å²) in [6.07, 6.45) is 8.10. The van der Waals surface area contributed by atoms with Gasteiger partial charge in [0.2, 0.25) is 0 Å². The molecule has 0 saturated heterocycles. The van der Waals surface area contributed by atoms with E-state index in [4.69, 9.17) is 5.73 Å². The summed E-state index contributed by atoms with van der Waals surface area (Å²) < 4.78 is 0. The van der Waals surface area contributed by atoms with E-state index < -0.39 is 5.41 Å². The molecule has 29 heavy (non-hydrogen) atoms. The number of benzene rings is 3. The van der Waals surface area contributed by atoms with Gasteiger partial charge in [-0.2, -0.15) is 0 Å². The van der Waals surface area contributed by atoms with Crippen molar-refractivity contribution in [2.75, 3.05) is 5.73 Å². The van der Waals surface area contributed by atoms with E-state index in [9.17, 15) is 4.79 Å². The highest BCUT2D eigenvalue weighted by atomic mass is 16.1. The molecular formula is C27H25NO. The molecule has 4 rings (SSSR count). The monoisotopic (exact) mass is 379 g/mol. The van der Waals surface area contributed by atoms with Gasteiger partial charge in [-0.05, 0) is 53.6 Å². The lowest BCUT2D eigenvalue weighted by atomic mass is 9.63. The van der Waals surface area contributed by atoms with Crippen LogP contribution in [-0.4, -0.2) is 6.29 Å². The number of hydrogen-bond acceptors (Lipinski definition) is 2. The van der Waals surface area contributed by atoms with Gasteiger partial charge in [0, 0.05) is 11.3 Å². The molecule has 0 amide bonds. The summed E-state index contributed by atoms with van der Waals surface area (Å²) in [5, 5.41) is 0. The van der Waals surface area contributed by atoms with Gasteiger partial charge in [-0.15, -0.1) is 0 Å². The largest absolute Gasteiger partial charge is 0.399 e. The van der Waals surface area contributed by atoms with Crippen molar-refractivity contribution < 1.29 is 4.79 Å². The van der Waals surface area contributed by atoms with Crippen LogP contribution in [0.4, 0.5) is 5.69 Å². The molecule has 0 bridgehead atoms. The number of nitrogens with two attached hydrogens (primary N) is 1. The molecule has 3 aromatic rings. The van der Waals surface area contributed by atoms with Crippen LogP contribution in [0.5, 0.6) is 0 Å². The second-order valence-electron chi connectivity index (χ2n) is 7.59. The van der Waals surface area contributed by atoms with Crippen molar-refractivity contribution in [2.45, 2.75) is 24.7 Å². The first-order chi connectivity index (χ1) is 14.2. The van der Waals surface area contributed by atoms with Crippen molar-refractivity contribution in [3.8, 4) is 0 Å². The van der Waals surface area contributed by atoms with Gasteiger partial charge in [0.25, 0.3) is 0 Å². The molecule has 0 aliphatic heterocycles. The molecule has 2 heteroatoms. The van der Waals surface area contributed by atoms with E-state index >= 15 is 0 Å². The molecule has 0 fully saturated rings. The zero-order chi connectivity index (χ0) is 20.3. The zero-order valence-corrected chi connectivity index (χ0v) is 16.5. The topological polar surface area (TPSA) is 43.1 Å². The maximum Gasteiger partial charge on any atom is 0.150 e. The number of carbonyl (C=O) groups is 1. The van der Waals surface area contributed by atoms with Gasteiger partial charge < -0.3 is 5.73 Å². The summed E-state index contributed by atoms with van der Waals surface area (Å²) in [6, 6.07) is 24.6. The molecule has 0 spiro atoms. The summed E-state index contributed by atoms with van der Waals surface area (Å²) in [5.41, 5.74) is 12.8. The fourth-order valence-corrected chi connectivity index (χ4v) is 4.46. The van der Waals surface area contributed by atoms with Crippen molar-refractivity contribution >= 4 is 12.0 Å². The van der Waals surface area contributed by atoms with Gasteiger partial charge >= 0.3 is 0 Å². The Hall–Kier alpha value is -3.39. The van der Waals surface area contributed by atoms with Crippen LogP contribution in [0, 0.1) is 0 Å². The summed E-state index contributed by atoms with van der Waals surface area (Å²) in [6.45, 7) is 4.59. The second-order valence-corrected chi connectivity index (χ2v) is 7.59. The van der Waals surface area contributed by atoms with Gasteiger partial charge in [-0.25, -0.2) is 0 Å². The number of aldehydes is 1. The predicted molar refractivity (Wildman–Crippen MR) is 120 cm³/mol. The number of hydrogen-bond donors (Lipinski definition) is 1. The molecular weight excluding hydrogens is 354 g/mol. The molecule has 1 aliphatic carbocycles. The third-order valence-corrected chi connectivity index (χ3v) is 5.89. The fraction of sp³-hybridized carbons (Fsp3) is 0.148. The smallest absolute Gasteiger partial charge is 0.150 e. The van der Waals surface area contributed by atoms with Crippen molar-refractivity contribution in [3.05, 3.63) is 125 Å². The minimum absolute atomic E-state index is 0.502. The Balaban J connectivity index is 2.08. The Labute approximate surface area is 172 Å². The van der Waals surface area contributed by atoms with Crippen LogP contribution in [0.2, 0.25) is 0 Å². The van der Waals surface area contributed by atoms with Gasteiger partial charge in [-0.1, -0.05) is 85.0 Å². The number of fused-ring (bicyclic) bond motifs is 1. The molecule has 1 unspecified atom stereocenters. The molecule has 144 valence electrons. The Kier molecular flexibility index (Phi) is 5.18. The quantitative estimate of drug-likeness (QED) is 0.352. The van der Waals surface area contributed by atoms with Crippen LogP contribution in [0.25, 0.3) is 0 Å². The Morgan fingerprint density at radius 3 is 2.21 bits per heavy atom. The van der Waals surface area contributed by atoms with E-state index in [1.54, 1.807) is 0 Å². The lowest BCUT2D eigenvalue weighted by molar-refractivity contribution is 0.112. The minimum atomic E-state index is -0.502. The van der Waals surface area contributed by atoms with E-state index in [2.05, 4.69) is 67.3 Å². The van der Waals surface area contributed by atoms with E-state index in [1.807, 2.05) is 24.3 Å². The zero-order valence-electron chi connectivity index (χ0n) is 16.5. The second kappa shape index (κ2) is 7.92. The predicted octanol–water partition coefficient (Wildman–Crippen LogP) is 5.86. The van der Waals surface area contributed by atoms with Crippen molar-refractivity contribution in [1.29, 1.82) is 0 Å². The Morgan fingerprint density at radius 2 is 1.52 bits per heavy atom. The summed E-state index contributed by atoms with van der Waals surface area (Å²) in [5.74, 6) is 0. The van der Waals surface area contributed by atoms with Crippen LogP contribution >= 0.6 is 0 Å². The molecule has 3 aromatic carbocycles. The molecule has 0 aromatic heterocycles. The number of anilines is 1. The summed E-state index contributed by atoms with van der Waals surface area (Å²) >= 11 is 0. The number of carbonyl (C=O) groups excluding carboxylic acids is 1. The van der Waals surface area contributed by atoms with Crippen LogP contribution in [-0.2, 0) is 11.8 Å². The summed E-state index contributed by atoms with van der Waals surface area (Å²) in [4.78, 5) is 11.3. The third kappa shape index (κ3) is 3.31. The average molecular weight is 380 g/mol. The van der Waals surface area contributed by atoms with Gasteiger partial charge in [0.05, 0.1) is 5.41 Å². The first-order valence-corrected chi connectivity index (χ1v) is 9.99. The SMILES string of the molecule is C=C1CC/C=C\Cc2ccccc2C1(c1ccc(N)cc1)c1ccc(C=O)cc1. The van der Waals surface area contributed by atoms with Crippen molar-refractivity contribution in [3.63, 3.8) is 0 Å². The third-order valence-electron chi connectivity index (χ3n) is 5.89. The normalized spacial score (nSPS) is 20.1.